The highest BCUT2D eigenvalue weighted by molar-refractivity contribution is 7.88. The summed E-state index contributed by atoms with van der Waals surface area (Å²) < 4.78 is 24.1. The van der Waals surface area contributed by atoms with Crippen LogP contribution in [-0.4, -0.2) is 84.5 Å². The fraction of sp³-hybridized carbons (Fsp3) is 0.444. The molecule has 2 aromatic rings. The molecule has 2 aromatic heterocycles. The Morgan fingerprint density at radius 2 is 1.90 bits per heavy atom. The summed E-state index contributed by atoms with van der Waals surface area (Å²) in [6.45, 7) is 3.89. The van der Waals surface area contributed by atoms with Gasteiger partial charge in [0, 0.05) is 45.5 Å². The second-order valence-corrected chi connectivity index (χ2v) is 8.97. The first-order valence-electron chi connectivity index (χ1n) is 9.20. The van der Waals surface area contributed by atoms with E-state index < -0.39 is 10.0 Å². The lowest BCUT2D eigenvalue weighted by molar-refractivity contribution is -0.131. The zero-order valence-electron chi connectivity index (χ0n) is 16.7. The summed E-state index contributed by atoms with van der Waals surface area (Å²) in [5, 5.41) is 3.17. The maximum Gasteiger partial charge on any atom is 0.238 e. The quantitative estimate of drug-likeness (QED) is 0.719. The average molecular weight is 420 g/mol. The van der Waals surface area contributed by atoms with Crippen molar-refractivity contribution in [1.82, 2.24) is 24.2 Å². The van der Waals surface area contributed by atoms with Crippen molar-refractivity contribution in [2.45, 2.75) is 6.92 Å². The number of hydrogen-bond acceptors (Lipinski definition) is 8. The van der Waals surface area contributed by atoms with Gasteiger partial charge in [-0.1, -0.05) is 6.07 Å². The maximum absolute atomic E-state index is 12.4. The predicted molar refractivity (Wildman–Crippen MR) is 111 cm³/mol. The Labute approximate surface area is 170 Å². The number of amides is 1. The van der Waals surface area contributed by atoms with Gasteiger partial charge in [0.15, 0.2) is 0 Å². The molecule has 0 spiro atoms. The number of nitrogens with zero attached hydrogens (tertiary/aromatic N) is 6. The number of aromatic nitrogens is 3. The molecule has 156 valence electrons. The number of anilines is 3. The van der Waals surface area contributed by atoms with E-state index in [1.165, 1.54) is 7.05 Å². The lowest BCUT2D eigenvalue weighted by Crippen LogP contribution is -2.51. The second kappa shape index (κ2) is 8.70. The molecule has 29 heavy (non-hydrogen) atoms. The first-order chi connectivity index (χ1) is 13.7. The van der Waals surface area contributed by atoms with Gasteiger partial charge < -0.3 is 15.1 Å². The Balaban J connectivity index is 1.62. The van der Waals surface area contributed by atoms with E-state index >= 15 is 0 Å². The van der Waals surface area contributed by atoms with Crippen molar-refractivity contribution in [2.24, 2.45) is 0 Å². The van der Waals surface area contributed by atoms with Gasteiger partial charge in [0.05, 0.1) is 12.8 Å². The van der Waals surface area contributed by atoms with Gasteiger partial charge >= 0.3 is 0 Å². The van der Waals surface area contributed by atoms with E-state index in [1.54, 1.807) is 11.1 Å². The molecule has 1 saturated heterocycles. The van der Waals surface area contributed by atoms with Crippen LogP contribution in [0, 0.1) is 6.92 Å². The molecule has 1 aliphatic heterocycles. The van der Waals surface area contributed by atoms with Crippen LogP contribution in [0.5, 0.6) is 0 Å². The van der Waals surface area contributed by atoms with Gasteiger partial charge in [0.25, 0.3) is 0 Å². The maximum atomic E-state index is 12.4. The van der Waals surface area contributed by atoms with E-state index in [1.807, 2.05) is 31.2 Å². The van der Waals surface area contributed by atoms with Crippen LogP contribution in [0.25, 0.3) is 0 Å². The number of hydrogen-bond donors (Lipinski definition) is 1. The van der Waals surface area contributed by atoms with Crippen molar-refractivity contribution >= 4 is 33.4 Å². The number of carbonyl (C=O) groups excluding carboxylic acids is 1. The molecule has 0 radical (unpaired) electrons. The van der Waals surface area contributed by atoms with Gasteiger partial charge in [0.1, 0.15) is 23.3 Å². The highest BCUT2D eigenvalue weighted by Gasteiger charge is 2.25. The van der Waals surface area contributed by atoms with E-state index in [-0.39, 0.29) is 12.5 Å². The van der Waals surface area contributed by atoms with Gasteiger partial charge in [-0.25, -0.2) is 23.4 Å². The SMILES string of the molecule is Cc1nc(Nc2ccccn2)cc(N2CCN(C(=O)CN(C)S(C)(=O)=O)CC2)n1. The monoisotopic (exact) mass is 419 g/mol. The Kier molecular flexibility index (Phi) is 6.28. The van der Waals surface area contributed by atoms with Gasteiger partial charge in [-0.3, -0.25) is 4.79 Å². The van der Waals surface area contributed by atoms with Crippen molar-refractivity contribution in [3.05, 3.63) is 36.3 Å². The molecule has 1 aliphatic rings. The van der Waals surface area contributed by atoms with Crippen LogP contribution >= 0.6 is 0 Å². The van der Waals surface area contributed by atoms with Gasteiger partial charge in [-0.05, 0) is 19.1 Å². The summed E-state index contributed by atoms with van der Waals surface area (Å²) >= 11 is 0. The second-order valence-electron chi connectivity index (χ2n) is 6.89. The molecular formula is C18H25N7O3S. The fourth-order valence-corrected chi connectivity index (χ4v) is 3.28. The van der Waals surface area contributed by atoms with Gasteiger partial charge in [-0.15, -0.1) is 0 Å². The highest BCUT2D eigenvalue weighted by atomic mass is 32.2. The van der Waals surface area contributed by atoms with Crippen molar-refractivity contribution in [2.75, 3.05) is 56.2 Å². The van der Waals surface area contributed by atoms with Crippen molar-refractivity contribution in [1.29, 1.82) is 0 Å². The summed E-state index contributed by atoms with van der Waals surface area (Å²) in [6, 6.07) is 7.45. The summed E-state index contributed by atoms with van der Waals surface area (Å²) in [4.78, 5) is 29.3. The Morgan fingerprint density at radius 1 is 1.17 bits per heavy atom. The molecule has 0 bridgehead atoms. The molecule has 1 amide bonds. The molecule has 0 aromatic carbocycles. The number of piperazine rings is 1. The third kappa shape index (κ3) is 5.61. The number of carbonyl (C=O) groups is 1. The number of aryl methyl sites for hydroxylation is 1. The third-order valence-electron chi connectivity index (χ3n) is 4.63. The predicted octanol–water partition coefficient (Wildman–Crippen LogP) is 0.464. The fourth-order valence-electron chi connectivity index (χ4n) is 2.94. The molecule has 3 heterocycles. The number of likely N-dealkylation sites (N-methyl/N-ethyl adjacent to an activating group) is 1. The zero-order valence-corrected chi connectivity index (χ0v) is 17.6. The van der Waals surface area contributed by atoms with E-state index in [4.69, 9.17) is 0 Å². The van der Waals surface area contributed by atoms with Crippen molar-refractivity contribution in [3.63, 3.8) is 0 Å². The summed E-state index contributed by atoms with van der Waals surface area (Å²) in [5.41, 5.74) is 0. The first kappa shape index (κ1) is 20.9. The smallest absolute Gasteiger partial charge is 0.238 e. The topological polar surface area (TPSA) is 112 Å². The minimum atomic E-state index is -3.38. The largest absolute Gasteiger partial charge is 0.353 e. The van der Waals surface area contributed by atoms with Crippen molar-refractivity contribution < 1.29 is 13.2 Å². The molecule has 1 fully saturated rings. The number of rotatable bonds is 6. The van der Waals surface area contributed by atoms with Crippen LogP contribution in [0.4, 0.5) is 17.5 Å². The zero-order chi connectivity index (χ0) is 21.0. The molecule has 3 rings (SSSR count). The van der Waals surface area contributed by atoms with Crippen LogP contribution in [0.15, 0.2) is 30.5 Å². The van der Waals surface area contributed by atoms with Crippen LogP contribution in [0.3, 0.4) is 0 Å². The minimum absolute atomic E-state index is 0.149. The average Bonchev–Trinajstić information content (AvgIpc) is 2.67. The summed E-state index contributed by atoms with van der Waals surface area (Å²) in [7, 11) is -1.97. The Hall–Kier alpha value is -2.79. The summed E-state index contributed by atoms with van der Waals surface area (Å²) in [6.07, 6.45) is 2.79. The standard InChI is InChI=1S/C18H25N7O3S/c1-14-20-16(22-15-6-4-5-7-19-15)12-17(21-14)24-8-10-25(11-9-24)18(26)13-23(2)29(3,27)28/h4-7,12H,8-11,13H2,1-3H3,(H,19,20,21,22). The molecule has 0 aliphatic carbocycles. The van der Waals surface area contributed by atoms with Crippen LogP contribution in [-0.2, 0) is 14.8 Å². The molecule has 0 saturated carbocycles. The minimum Gasteiger partial charge on any atom is -0.353 e. The molecule has 11 heteroatoms. The molecular weight excluding hydrogens is 394 g/mol. The number of nitrogens with one attached hydrogen (secondary N) is 1. The lowest BCUT2D eigenvalue weighted by atomic mass is 10.3. The van der Waals surface area contributed by atoms with E-state index in [0.717, 1.165) is 16.4 Å². The Bertz CT molecular complexity index is 961. The molecule has 0 unspecified atom stereocenters. The molecule has 1 N–H and O–H groups in total. The number of sulfonamides is 1. The number of pyridine rings is 1. The van der Waals surface area contributed by atoms with Gasteiger partial charge in [-0.2, -0.15) is 4.31 Å². The van der Waals surface area contributed by atoms with Crippen LogP contribution < -0.4 is 10.2 Å². The Morgan fingerprint density at radius 3 is 2.52 bits per heavy atom. The third-order valence-corrected chi connectivity index (χ3v) is 5.89. The van der Waals surface area contributed by atoms with Crippen molar-refractivity contribution in [3.8, 4) is 0 Å². The van der Waals surface area contributed by atoms with Crippen LogP contribution in [0.1, 0.15) is 5.82 Å². The van der Waals surface area contributed by atoms with E-state index in [2.05, 4.69) is 25.2 Å². The van der Waals surface area contributed by atoms with Gasteiger partial charge in [0.2, 0.25) is 15.9 Å². The highest BCUT2D eigenvalue weighted by Crippen LogP contribution is 2.20. The first-order valence-corrected chi connectivity index (χ1v) is 11.0. The van der Waals surface area contributed by atoms with Crippen LogP contribution in [0.2, 0.25) is 0 Å². The normalized spacial score (nSPS) is 14.9. The van der Waals surface area contributed by atoms with E-state index in [9.17, 15) is 13.2 Å². The molecule has 10 nitrogen and oxygen atoms in total. The summed E-state index contributed by atoms with van der Waals surface area (Å²) in [5.74, 6) is 2.56. The lowest BCUT2D eigenvalue weighted by Gasteiger charge is -2.36. The van der Waals surface area contributed by atoms with E-state index in [0.29, 0.717) is 43.6 Å². The molecule has 0 atom stereocenters.